The van der Waals surface area contributed by atoms with Gasteiger partial charge in [0.25, 0.3) is 0 Å². The van der Waals surface area contributed by atoms with Crippen LogP contribution in [0.25, 0.3) is 0 Å². The molecule has 2 aromatic rings. The Bertz CT molecular complexity index is 497. The molecule has 0 aliphatic rings. The summed E-state index contributed by atoms with van der Waals surface area (Å²) in [4.78, 5) is 11.6. The third-order valence-corrected chi connectivity index (χ3v) is 2.77. The highest BCUT2D eigenvalue weighted by Gasteiger charge is 2.07. The van der Waals surface area contributed by atoms with E-state index in [4.69, 9.17) is 4.84 Å². The highest BCUT2D eigenvalue weighted by atomic mass is 16.6. The fourth-order valence-electron chi connectivity index (χ4n) is 1.70. The average molecular weight is 269 g/mol. The molecule has 0 fully saturated rings. The molecule has 0 spiro atoms. The van der Waals surface area contributed by atoms with Gasteiger partial charge in [-0.1, -0.05) is 35.5 Å². The number of hydrogen-bond donors (Lipinski definition) is 0. The minimum absolute atomic E-state index is 0.559. The summed E-state index contributed by atoms with van der Waals surface area (Å²) >= 11 is 0. The molecule has 1 aromatic heterocycles. The minimum Gasteiger partial charge on any atom is -0.394 e. The molecule has 0 N–H and O–H groups in total. The van der Waals surface area contributed by atoms with Crippen LogP contribution in [0.1, 0.15) is 11.1 Å². The molecule has 20 heavy (non-hydrogen) atoms. The van der Waals surface area contributed by atoms with Crippen LogP contribution in [-0.4, -0.2) is 42.8 Å². The van der Waals surface area contributed by atoms with E-state index in [1.807, 2.05) is 56.6 Å². The zero-order valence-corrected chi connectivity index (χ0v) is 11.9. The van der Waals surface area contributed by atoms with E-state index in [0.717, 1.165) is 23.4 Å². The van der Waals surface area contributed by atoms with Crippen molar-refractivity contribution in [3.05, 3.63) is 66.0 Å². The van der Waals surface area contributed by atoms with Gasteiger partial charge in [0.1, 0.15) is 12.3 Å². The number of rotatable bonds is 6. The van der Waals surface area contributed by atoms with Crippen molar-refractivity contribution in [1.29, 1.82) is 0 Å². The highest BCUT2D eigenvalue weighted by Crippen LogP contribution is 2.10. The number of likely N-dealkylation sites (N-methyl/N-ethyl adjacent to an activating group) is 1. The molecule has 0 unspecified atom stereocenters. The Morgan fingerprint density at radius 1 is 1.10 bits per heavy atom. The molecule has 4 heteroatoms. The first-order valence-corrected chi connectivity index (χ1v) is 6.58. The van der Waals surface area contributed by atoms with Gasteiger partial charge in [-0.15, -0.1) is 0 Å². The van der Waals surface area contributed by atoms with Crippen LogP contribution in [-0.2, 0) is 4.84 Å². The fourth-order valence-corrected chi connectivity index (χ4v) is 1.70. The number of oxime groups is 1. The van der Waals surface area contributed by atoms with Crippen molar-refractivity contribution in [3.63, 3.8) is 0 Å². The Hall–Kier alpha value is -2.20. The fraction of sp³-hybridized carbons (Fsp3) is 0.250. The van der Waals surface area contributed by atoms with Crippen molar-refractivity contribution in [2.24, 2.45) is 5.16 Å². The van der Waals surface area contributed by atoms with Gasteiger partial charge in [-0.3, -0.25) is 4.98 Å². The average Bonchev–Trinajstić information content (AvgIpc) is 2.49. The summed E-state index contributed by atoms with van der Waals surface area (Å²) in [5.74, 6) is 0. The molecule has 1 aromatic carbocycles. The summed E-state index contributed by atoms with van der Waals surface area (Å²) in [5.41, 5.74) is 2.77. The number of aromatic nitrogens is 1. The maximum atomic E-state index is 5.43. The van der Waals surface area contributed by atoms with E-state index in [9.17, 15) is 0 Å². The largest absolute Gasteiger partial charge is 0.394 e. The van der Waals surface area contributed by atoms with E-state index in [-0.39, 0.29) is 0 Å². The molecule has 0 aliphatic heterocycles. The Balaban J connectivity index is 2.19. The topological polar surface area (TPSA) is 37.7 Å². The minimum atomic E-state index is 0.559. The van der Waals surface area contributed by atoms with Gasteiger partial charge in [0.05, 0.1) is 0 Å². The molecule has 0 aliphatic carbocycles. The van der Waals surface area contributed by atoms with Gasteiger partial charge in [0, 0.05) is 30.1 Å². The van der Waals surface area contributed by atoms with Crippen LogP contribution in [0.3, 0.4) is 0 Å². The molecule has 104 valence electrons. The lowest BCUT2D eigenvalue weighted by molar-refractivity contribution is 0.126. The zero-order chi connectivity index (χ0) is 14.2. The van der Waals surface area contributed by atoms with Crippen molar-refractivity contribution < 1.29 is 4.84 Å². The van der Waals surface area contributed by atoms with Crippen LogP contribution in [0.2, 0.25) is 0 Å². The maximum Gasteiger partial charge on any atom is 0.129 e. The normalized spacial score (nSPS) is 11.7. The predicted octanol–water partition coefficient (Wildman–Crippen LogP) is 2.41. The van der Waals surface area contributed by atoms with E-state index < -0.39 is 0 Å². The van der Waals surface area contributed by atoms with Crippen LogP contribution in [0, 0.1) is 0 Å². The summed E-state index contributed by atoms with van der Waals surface area (Å²) in [6, 6.07) is 13.9. The summed E-state index contributed by atoms with van der Waals surface area (Å²) in [6.45, 7) is 1.39. The van der Waals surface area contributed by atoms with Crippen molar-refractivity contribution >= 4 is 5.71 Å². The summed E-state index contributed by atoms with van der Waals surface area (Å²) in [5, 5.41) is 4.29. The van der Waals surface area contributed by atoms with E-state index >= 15 is 0 Å². The highest BCUT2D eigenvalue weighted by molar-refractivity contribution is 6.12. The molecule has 0 amide bonds. The molecular formula is C16H19N3O. The van der Waals surface area contributed by atoms with Crippen molar-refractivity contribution in [2.75, 3.05) is 27.2 Å². The molecule has 0 saturated heterocycles. The number of pyridine rings is 1. The van der Waals surface area contributed by atoms with Gasteiger partial charge in [0.15, 0.2) is 0 Å². The lowest BCUT2D eigenvalue weighted by atomic mass is 10.0. The van der Waals surface area contributed by atoms with E-state index in [2.05, 4.69) is 15.0 Å². The maximum absolute atomic E-state index is 5.43. The summed E-state index contributed by atoms with van der Waals surface area (Å²) < 4.78 is 0. The Morgan fingerprint density at radius 2 is 1.85 bits per heavy atom. The molecule has 0 atom stereocenters. The third-order valence-electron chi connectivity index (χ3n) is 2.77. The van der Waals surface area contributed by atoms with Gasteiger partial charge >= 0.3 is 0 Å². The van der Waals surface area contributed by atoms with Gasteiger partial charge in [-0.2, -0.15) is 0 Å². The van der Waals surface area contributed by atoms with Gasteiger partial charge in [-0.25, -0.2) is 0 Å². The zero-order valence-electron chi connectivity index (χ0n) is 11.9. The smallest absolute Gasteiger partial charge is 0.129 e. The number of benzene rings is 1. The second-order valence-electron chi connectivity index (χ2n) is 4.68. The quantitative estimate of drug-likeness (QED) is 0.459. The molecule has 2 rings (SSSR count). The lowest BCUT2D eigenvalue weighted by Gasteiger charge is -2.09. The Morgan fingerprint density at radius 3 is 2.50 bits per heavy atom. The van der Waals surface area contributed by atoms with Crippen LogP contribution >= 0.6 is 0 Å². The Kier molecular flexibility index (Phi) is 5.26. The van der Waals surface area contributed by atoms with Crippen LogP contribution in [0.4, 0.5) is 0 Å². The van der Waals surface area contributed by atoms with E-state index in [1.54, 1.807) is 12.4 Å². The Labute approximate surface area is 119 Å². The molecular weight excluding hydrogens is 250 g/mol. The summed E-state index contributed by atoms with van der Waals surface area (Å²) in [6.07, 6.45) is 3.54. The molecule has 1 heterocycles. The molecule has 4 nitrogen and oxygen atoms in total. The van der Waals surface area contributed by atoms with Crippen molar-refractivity contribution in [3.8, 4) is 0 Å². The molecule has 0 saturated carbocycles. The van der Waals surface area contributed by atoms with Crippen molar-refractivity contribution in [1.82, 2.24) is 9.88 Å². The first-order chi connectivity index (χ1) is 9.77. The number of hydrogen-bond acceptors (Lipinski definition) is 4. The van der Waals surface area contributed by atoms with Crippen molar-refractivity contribution in [2.45, 2.75) is 0 Å². The van der Waals surface area contributed by atoms with Crippen LogP contribution in [0.5, 0.6) is 0 Å². The molecule has 0 radical (unpaired) electrons. The first-order valence-electron chi connectivity index (χ1n) is 6.58. The standard InChI is InChI=1S/C16H19N3O/c1-19(2)11-12-20-18-16(14-7-4-3-5-8-14)15-9-6-10-17-13-15/h3-10,13H,11-12H2,1-2H3/b18-16-. The second kappa shape index (κ2) is 7.40. The van der Waals surface area contributed by atoms with Crippen LogP contribution in [0.15, 0.2) is 60.0 Å². The van der Waals surface area contributed by atoms with E-state index in [1.165, 1.54) is 0 Å². The third kappa shape index (κ3) is 4.17. The number of nitrogens with zero attached hydrogens (tertiary/aromatic N) is 3. The van der Waals surface area contributed by atoms with Gasteiger partial charge < -0.3 is 9.74 Å². The molecule has 0 bridgehead atoms. The predicted molar refractivity (Wildman–Crippen MR) is 80.8 cm³/mol. The second-order valence-corrected chi connectivity index (χ2v) is 4.68. The van der Waals surface area contributed by atoms with Gasteiger partial charge in [0.2, 0.25) is 0 Å². The lowest BCUT2D eigenvalue weighted by Crippen LogP contribution is -2.17. The SMILES string of the molecule is CN(C)CCO/N=C(/c1ccccc1)c1cccnc1. The summed E-state index contributed by atoms with van der Waals surface area (Å²) in [7, 11) is 4.01. The first kappa shape index (κ1) is 14.2. The van der Waals surface area contributed by atoms with E-state index in [0.29, 0.717) is 6.61 Å². The van der Waals surface area contributed by atoms with Crippen LogP contribution < -0.4 is 0 Å². The monoisotopic (exact) mass is 269 g/mol. The van der Waals surface area contributed by atoms with Gasteiger partial charge in [-0.05, 0) is 26.2 Å².